The van der Waals surface area contributed by atoms with E-state index in [0.717, 1.165) is 12.8 Å². The number of carbonyl (C=O) groups is 2. The van der Waals surface area contributed by atoms with Gasteiger partial charge in [0.05, 0.1) is 16.9 Å². The third-order valence-electron chi connectivity index (χ3n) is 2.96. The number of nitrogens with one attached hydrogen (secondary N) is 2. The van der Waals surface area contributed by atoms with E-state index in [-0.39, 0.29) is 5.91 Å². The summed E-state index contributed by atoms with van der Waals surface area (Å²) in [6.07, 6.45) is 2.47. The van der Waals surface area contributed by atoms with Gasteiger partial charge in [-0.1, -0.05) is 6.07 Å². The molecule has 2 amide bonds. The zero-order valence-corrected chi connectivity index (χ0v) is 10.6. The first kappa shape index (κ1) is 13.2. The molecule has 6 nitrogen and oxygen atoms in total. The van der Waals surface area contributed by atoms with Crippen molar-refractivity contribution in [2.75, 3.05) is 17.6 Å². The maximum absolute atomic E-state index is 11.5. The fraction of sp³-hybridized carbons (Fsp3) is 0.385. The monoisotopic (exact) mass is 262 g/mol. The van der Waals surface area contributed by atoms with E-state index in [1.165, 1.54) is 0 Å². The first-order valence-electron chi connectivity index (χ1n) is 6.29. The van der Waals surface area contributed by atoms with Gasteiger partial charge in [-0.25, -0.2) is 0 Å². The minimum atomic E-state index is -0.544. The van der Waals surface area contributed by atoms with Crippen LogP contribution in [0.4, 0.5) is 11.4 Å². The summed E-state index contributed by atoms with van der Waals surface area (Å²) in [6, 6.07) is 5.31. The largest absolute Gasteiger partial charge is 0.397 e. The summed E-state index contributed by atoms with van der Waals surface area (Å²) < 4.78 is 0. The smallest absolute Gasteiger partial charge is 0.250 e. The Labute approximate surface area is 111 Å². The van der Waals surface area contributed by atoms with Gasteiger partial charge in [0, 0.05) is 19.0 Å². The van der Waals surface area contributed by atoms with E-state index < -0.39 is 5.91 Å². The van der Waals surface area contributed by atoms with Crippen molar-refractivity contribution in [2.45, 2.75) is 25.3 Å². The predicted octanol–water partition coefficient (Wildman–Crippen LogP) is 0.448. The summed E-state index contributed by atoms with van der Waals surface area (Å²) in [5, 5.41) is 5.89. The summed E-state index contributed by atoms with van der Waals surface area (Å²) in [7, 11) is 0. The molecule has 0 unspecified atom stereocenters. The van der Waals surface area contributed by atoms with Crippen molar-refractivity contribution in [3.8, 4) is 0 Å². The summed E-state index contributed by atoms with van der Waals surface area (Å²) in [5.74, 6) is -0.539. The lowest BCUT2D eigenvalue weighted by molar-refractivity contribution is -0.120. The molecular weight excluding hydrogens is 244 g/mol. The van der Waals surface area contributed by atoms with Crippen LogP contribution >= 0.6 is 0 Å². The van der Waals surface area contributed by atoms with Crippen LogP contribution in [0.3, 0.4) is 0 Å². The fourth-order valence-corrected chi connectivity index (χ4v) is 1.80. The van der Waals surface area contributed by atoms with Crippen LogP contribution in [0.25, 0.3) is 0 Å². The molecule has 1 saturated carbocycles. The van der Waals surface area contributed by atoms with Gasteiger partial charge in [0.25, 0.3) is 5.91 Å². The van der Waals surface area contributed by atoms with Crippen molar-refractivity contribution in [1.29, 1.82) is 0 Å². The molecule has 102 valence electrons. The molecule has 1 fully saturated rings. The molecule has 1 aliphatic carbocycles. The highest BCUT2D eigenvalue weighted by molar-refractivity contribution is 6.01. The van der Waals surface area contributed by atoms with E-state index in [1.807, 2.05) is 0 Å². The first-order chi connectivity index (χ1) is 9.08. The highest BCUT2D eigenvalue weighted by Crippen LogP contribution is 2.23. The quantitative estimate of drug-likeness (QED) is 0.558. The number of nitrogen functional groups attached to an aromatic ring is 1. The number of amides is 2. The van der Waals surface area contributed by atoms with Crippen LogP contribution < -0.4 is 22.1 Å². The summed E-state index contributed by atoms with van der Waals surface area (Å²) >= 11 is 0. The van der Waals surface area contributed by atoms with Gasteiger partial charge in [-0.15, -0.1) is 0 Å². The van der Waals surface area contributed by atoms with Crippen molar-refractivity contribution >= 4 is 23.2 Å². The molecule has 0 atom stereocenters. The predicted molar refractivity (Wildman–Crippen MR) is 73.6 cm³/mol. The van der Waals surface area contributed by atoms with Crippen LogP contribution in [0.1, 0.15) is 29.6 Å². The number of benzene rings is 1. The van der Waals surface area contributed by atoms with E-state index >= 15 is 0 Å². The summed E-state index contributed by atoms with van der Waals surface area (Å²) in [4.78, 5) is 22.8. The Morgan fingerprint density at radius 1 is 1.32 bits per heavy atom. The Bertz CT molecular complexity index is 497. The standard InChI is InChI=1S/C13H18N4O2/c14-10-3-1-2-9(13(15)19)12(10)16-7-6-11(18)17-8-4-5-8/h1-3,8,16H,4-7,14H2,(H2,15,19)(H,17,18). The van der Waals surface area contributed by atoms with Crippen LogP contribution in [0.5, 0.6) is 0 Å². The average Bonchev–Trinajstić information content (AvgIpc) is 3.14. The molecule has 0 saturated heterocycles. The third kappa shape index (κ3) is 3.61. The summed E-state index contributed by atoms with van der Waals surface area (Å²) in [6.45, 7) is 0.410. The van der Waals surface area contributed by atoms with Crippen LogP contribution in [-0.4, -0.2) is 24.4 Å². The molecule has 6 N–H and O–H groups in total. The second-order valence-electron chi connectivity index (χ2n) is 4.65. The highest BCUT2D eigenvalue weighted by atomic mass is 16.2. The number of hydrogen-bond acceptors (Lipinski definition) is 4. The molecule has 19 heavy (non-hydrogen) atoms. The van der Waals surface area contributed by atoms with Crippen LogP contribution in [0, 0.1) is 0 Å². The molecular formula is C13H18N4O2. The van der Waals surface area contributed by atoms with Crippen LogP contribution in [-0.2, 0) is 4.79 Å². The minimum Gasteiger partial charge on any atom is -0.397 e. The Morgan fingerprint density at radius 3 is 2.68 bits per heavy atom. The molecule has 0 heterocycles. The van der Waals surface area contributed by atoms with Gasteiger partial charge in [0.2, 0.25) is 5.91 Å². The number of rotatable bonds is 6. The molecule has 0 radical (unpaired) electrons. The number of anilines is 2. The van der Waals surface area contributed by atoms with Crippen molar-refractivity contribution in [3.63, 3.8) is 0 Å². The molecule has 1 aromatic rings. The average molecular weight is 262 g/mol. The Hall–Kier alpha value is -2.24. The zero-order chi connectivity index (χ0) is 13.8. The maximum atomic E-state index is 11.5. The Balaban J connectivity index is 1.91. The van der Waals surface area contributed by atoms with Gasteiger partial charge < -0.3 is 22.1 Å². The van der Waals surface area contributed by atoms with Gasteiger partial charge in [-0.2, -0.15) is 0 Å². The number of nitrogens with two attached hydrogens (primary N) is 2. The molecule has 6 heteroatoms. The van der Waals surface area contributed by atoms with Gasteiger partial charge >= 0.3 is 0 Å². The Kier molecular flexibility index (Phi) is 3.89. The minimum absolute atomic E-state index is 0.00475. The number of carbonyl (C=O) groups excluding carboxylic acids is 2. The maximum Gasteiger partial charge on any atom is 0.250 e. The molecule has 1 aliphatic rings. The molecule has 0 aromatic heterocycles. The molecule has 0 spiro atoms. The van der Waals surface area contributed by atoms with E-state index in [9.17, 15) is 9.59 Å². The molecule has 0 bridgehead atoms. The molecule has 0 aliphatic heterocycles. The van der Waals surface area contributed by atoms with E-state index in [0.29, 0.717) is 35.9 Å². The summed E-state index contributed by atoms with van der Waals surface area (Å²) in [5.41, 5.74) is 12.3. The van der Waals surface area contributed by atoms with Crippen molar-refractivity contribution in [1.82, 2.24) is 5.32 Å². The highest BCUT2D eigenvalue weighted by Gasteiger charge is 2.22. The molecule has 2 rings (SSSR count). The second-order valence-corrected chi connectivity index (χ2v) is 4.65. The third-order valence-corrected chi connectivity index (χ3v) is 2.96. The lowest BCUT2D eigenvalue weighted by Gasteiger charge is -2.12. The SMILES string of the molecule is NC(=O)c1cccc(N)c1NCCC(=O)NC1CC1. The lowest BCUT2D eigenvalue weighted by Crippen LogP contribution is -2.27. The molecule has 1 aromatic carbocycles. The fourth-order valence-electron chi connectivity index (χ4n) is 1.80. The number of primary amides is 1. The van der Waals surface area contributed by atoms with E-state index in [1.54, 1.807) is 18.2 Å². The van der Waals surface area contributed by atoms with Crippen molar-refractivity contribution in [2.24, 2.45) is 5.73 Å². The second kappa shape index (κ2) is 5.60. The topological polar surface area (TPSA) is 110 Å². The van der Waals surface area contributed by atoms with Crippen LogP contribution in [0.2, 0.25) is 0 Å². The Morgan fingerprint density at radius 2 is 2.05 bits per heavy atom. The normalized spacial score (nSPS) is 13.9. The van der Waals surface area contributed by atoms with Crippen molar-refractivity contribution in [3.05, 3.63) is 23.8 Å². The lowest BCUT2D eigenvalue weighted by atomic mass is 10.1. The van der Waals surface area contributed by atoms with Gasteiger partial charge in [0.15, 0.2) is 0 Å². The zero-order valence-electron chi connectivity index (χ0n) is 10.6. The van der Waals surface area contributed by atoms with Crippen LogP contribution in [0.15, 0.2) is 18.2 Å². The van der Waals surface area contributed by atoms with Gasteiger partial charge in [-0.3, -0.25) is 9.59 Å². The van der Waals surface area contributed by atoms with Gasteiger partial charge in [-0.05, 0) is 25.0 Å². The van der Waals surface area contributed by atoms with E-state index in [2.05, 4.69) is 10.6 Å². The van der Waals surface area contributed by atoms with Crippen molar-refractivity contribution < 1.29 is 9.59 Å². The van der Waals surface area contributed by atoms with E-state index in [4.69, 9.17) is 11.5 Å². The number of para-hydroxylation sites is 1. The van der Waals surface area contributed by atoms with Gasteiger partial charge in [0.1, 0.15) is 0 Å². The number of hydrogen-bond donors (Lipinski definition) is 4. The first-order valence-corrected chi connectivity index (χ1v) is 6.29.